The van der Waals surface area contributed by atoms with Crippen LogP contribution in [0.5, 0.6) is 0 Å². The van der Waals surface area contributed by atoms with Gasteiger partial charge in [0.05, 0.1) is 5.60 Å². The summed E-state index contributed by atoms with van der Waals surface area (Å²) in [7, 11) is 0. The van der Waals surface area contributed by atoms with Crippen molar-refractivity contribution in [1.82, 2.24) is 0 Å². The van der Waals surface area contributed by atoms with Crippen LogP contribution in [0.1, 0.15) is 40.0 Å². The number of benzene rings is 1. The molecule has 1 amide bonds. The predicted octanol–water partition coefficient (Wildman–Crippen LogP) is 4.62. The molecular weight excluding hydrogens is 302 g/mol. The van der Waals surface area contributed by atoms with Gasteiger partial charge in [0.1, 0.15) is 11.7 Å². The first-order chi connectivity index (χ1) is 10.3. The van der Waals surface area contributed by atoms with Crippen molar-refractivity contribution in [2.24, 2.45) is 5.92 Å². The fourth-order valence-electron chi connectivity index (χ4n) is 3.58. The van der Waals surface area contributed by atoms with Gasteiger partial charge in [0.15, 0.2) is 0 Å². The topological polar surface area (TPSA) is 47.6 Å². The molecule has 0 aliphatic carbocycles. The molecule has 2 aliphatic rings. The molecule has 2 saturated heterocycles. The minimum absolute atomic E-state index is 0.143. The zero-order valence-electron chi connectivity index (χ0n) is 13.2. The summed E-state index contributed by atoms with van der Waals surface area (Å²) in [6.45, 7) is 6.38. The van der Waals surface area contributed by atoms with Crippen molar-refractivity contribution in [2.45, 2.75) is 57.3 Å². The number of carbonyl (C=O) groups excluding carboxylic acids is 1. The maximum Gasteiger partial charge on any atom is 0.411 e. The second-order valence-corrected chi connectivity index (χ2v) is 7.30. The Labute approximate surface area is 136 Å². The summed E-state index contributed by atoms with van der Waals surface area (Å²) >= 11 is 5.91. The van der Waals surface area contributed by atoms with Crippen LogP contribution >= 0.6 is 11.6 Å². The Morgan fingerprint density at radius 3 is 2.86 bits per heavy atom. The van der Waals surface area contributed by atoms with Crippen LogP contribution in [0.3, 0.4) is 0 Å². The van der Waals surface area contributed by atoms with E-state index in [9.17, 15) is 4.79 Å². The van der Waals surface area contributed by atoms with Crippen LogP contribution < -0.4 is 5.32 Å². The van der Waals surface area contributed by atoms with E-state index in [0.29, 0.717) is 16.6 Å². The van der Waals surface area contributed by atoms with Gasteiger partial charge >= 0.3 is 6.09 Å². The molecular formula is C17H22ClNO3. The highest BCUT2D eigenvalue weighted by Gasteiger charge is 2.61. The van der Waals surface area contributed by atoms with E-state index in [-0.39, 0.29) is 17.3 Å². The van der Waals surface area contributed by atoms with Crippen molar-refractivity contribution in [3.05, 3.63) is 29.3 Å². The predicted molar refractivity (Wildman–Crippen MR) is 86.3 cm³/mol. The van der Waals surface area contributed by atoms with Crippen molar-refractivity contribution >= 4 is 23.4 Å². The fraction of sp³-hybridized carbons (Fsp3) is 0.588. The van der Waals surface area contributed by atoms with Gasteiger partial charge in [-0.05, 0) is 43.9 Å². The molecule has 2 aliphatic heterocycles. The summed E-state index contributed by atoms with van der Waals surface area (Å²) in [5.41, 5.74) is 0.122. The zero-order chi connectivity index (χ0) is 16.0. The van der Waals surface area contributed by atoms with E-state index in [1.54, 1.807) is 24.3 Å². The third-order valence-corrected chi connectivity index (χ3v) is 5.30. The first-order valence-electron chi connectivity index (χ1n) is 7.76. The zero-order valence-corrected chi connectivity index (χ0v) is 13.9. The maximum absolute atomic E-state index is 12.1. The normalized spacial score (nSPS) is 33.2. The second-order valence-electron chi connectivity index (χ2n) is 6.87. The standard InChI is InChI=1S/C17H22ClNO3/c1-11(2)17-8-7-16(3,22-17)14(10-17)21-15(20)19-13-6-4-5-12(18)9-13/h4-6,9,11,14H,7-8,10H2,1-3H3,(H,19,20)/t14-,16-,17+/m0/s1. The number of fused-ring (bicyclic) bond motifs is 2. The largest absolute Gasteiger partial charge is 0.443 e. The van der Waals surface area contributed by atoms with Gasteiger partial charge in [-0.25, -0.2) is 4.79 Å². The molecule has 0 unspecified atom stereocenters. The number of ether oxygens (including phenoxy) is 2. The van der Waals surface area contributed by atoms with Crippen LogP contribution in [0, 0.1) is 5.92 Å². The molecule has 120 valence electrons. The number of rotatable bonds is 3. The number of carbonyl (C=O) groups is 1. The molecule has 1 N–H and O–H groups in total. The quantitative estimate of drug-likeness (QED) is 0.882. The molecule has 3 atom stereocenters. The van der Waals surface area contributed by atoms with Gasteiger partial charge in [-0.2, -0.15) is 0 Å². The first kappa shape index (κ1) is 15.6. The number of amides is 1. The highest BCUT2D eigenvalue weighted by molar-refractivity contribution is 6.30. The van der Waals surface area contributed by atoms with Crippen LogP contribution in [0.15, 0.2) is 24.3 Å². The molecule has 1 aromatic rings. The molecule has 0 spiro atoms. The molecule has 4 nitrogen and oxygen atoms in total. The minimum atomic E-state index is -0.455. The number of hydrogen-bond acceptors (Lipinski definition) is 3. The number of halogens is 1. The first-order valence-corrected chi connectivity index (χ1v) is 8.14. The third kappa shape index (κ3) is 2.70. The van der Waals surface area contributed by atoms with Gasteiger partial charge < -0.3 is 9.47 Å². The Morgan fingerprint density at radius 2 is 2.23 bits per heavy atom. The Hall–Kier alpha value is -1.26. The molecule has 22 heavy (non-hydrogen) atoms. The van der Waals surface area contributed by atoms with Gasteiger partial charge in [0, 0.05) is 17.1 Å². The Kier molecular flexibility index (Phi) is 3.86. The lowest BCUT2D eigenvalue weighted by atomic mass is 9.75. The van der Waals surface area contributed by atoms with Crippen LogP contribution in [-0.4, -0.2) is 23.4 Å². The molecule has 2 heterocycles. The van der Waals surface area contributed by atoms with Gasteiger partial charge in [0.25, 0.3) is 0 Å². The smallest absolute Gasteiger partial charge is 0.411 e. The monoisotopic (exact) mass is 323 g/mol. The van der Waals surface area contributed by atoms with Gasteiger partial charge in [0.2, 0.25) is 0 Å². The van der Waals surface area contributed by atoms with Gasteiger partial charge in [-0.15, -0.1) is 0 Å². The number of hydrogen-bond donors (Lipinski definition) is 1. The fourth-order valence-corrected chi connectivity index (χ4v) is 3.77. The molecule has 0 saturated carbocycles. The number of nitrogens with one attached hydrogen (secondary N) is 1. The van der Waals surface area contributed by atoms with E-state index in [2.05, 4.69) is 19.2 Å². The van der Waals surface area contributed by atoms with Gasteiger partial charge in [-0.1, -0.05) is 31.5 Å². The minimum Gasteiger partial charge on any atom is -0.443 e. The summed E-state index contributed by atoms with van der Waals surface area (Å²) < 4.78 is 11.9. The number of anilines is 1. The summed E-state index contributed by atoms with van der Waals surface area (Å²) in [5, 5.41) is 3.30. The van der Waals surface area contributed by atoms with E-state index < -0.39 is 6.09 Å². The Bertz CT molecular complexity index is 591. The molecule has 5 heteroatoms. The van der Waals surface area contributed by atoms with E-state index in [4.69, 9.17) is 21.1 Å². The lowest BCUT2D eigenvalue weighted by molar-refractivity contribution is -0.0807. The van der Waals surface area contributed by atoms with E-state index in [0.717, 1.165) is 19.3 Å². The Morgan fingerprint density at radius 1 is 1.45 bits per heavy atom. The van der Waals surface area contributed by atoms with Crippen LogP contribution in [0.2, 0.25) is 5.02 Å². The summed E-state index contributed by atoms with van der Waals surface area (Å²) in [6.07, 6.45) is 2.08. The molecule has 0 aromatic heterocycles. The molecule has 3 rings (SSSR count). The third-order valence-electron chi connectivity index (χ3n) is 5.07. The summed E-state index contributed by atoms with van der Waals surface area (Å²) in [4.78, 5) is 12.1. The molecule has 2 fully saturated rings. The lowest BCUT2D eigenvalue weighted by Crippen LogP contribution is -2.40. The summed E-state index contributed by atoms with van der Waals surface area (Å²) in [6, 6.07) is 7.02. The van der Waals surface area contributed by atoms with Crippen LogP contribution in [0.4, 0.5) is 10.5 Å². The SMILES string of the molecule is CC(C)[C@]12CC[C@](C)(O1)[C@@H](OC(=O)Nc1cccc(Cl)c1)C2. The molecule has 1 aromatic carbocycles. The van der Waals surface area contributed by atoms with Crippen molar-refractivity contribution in [2.75, 3.05) is 5.32 Å². The second kappa shape index (κ2) is 5.43. The van der Waals surface area contributed by atoms with Crippen molar-refractivity contribution in [1.29, 1.82) is 0 Å². The van der Waals surface area contributed by atoms with E-state index >= 15 is 0 Å². The van der Waals surface area contributed by atoms with Crippen molar-refractivity contribution in [3.63, 3.8) is 0 Å². The van der Waals surface area contributed by atoms with Crippen molar-refractivity contribution in [3.8, 4) is 0 Å². The highest BCUT2D eigenvalue weighted by atomic mass is 35.5. The maximum atomic E-state index is 12.1. The highest BCUT2D eigenvalue weighted by Crippen LogP contribution is 2.55. The lowest BCUT2D eigenvalue weighted by Gasteiger charge is -2.31. The van der Waals surface area contributed by atoms with Crippen LogP contribution in [-0.2, 0) is 9.47 Å². The summed E-state index contributed by atoms with van der Waals surface area (Å²) in [5.74, 6) is 0.416. The molecule has 2 bridgehead atoms. The van der Waals surface area contributed by atoms with E-state index in [1.807, 2.05) is 6.92 Å². The average Bonchev–Trinajstić information content (AvgIpc) is 2.91. The van der Waals surface area contributed by atoms with Crippen molar-refractivity contribution < 1.29 is 14.3 Å². The average molecular weight is 324 g/mol. The van der Waals surface area contributed by atoms with E-state index in [1.165, 1.54) is 0 Å². The molecule has 0 radical (unpaired) electrons. The van der Waals surface area contributed by atoms with Gasteiger partial charge in [-0.3, -0.25) is 5.32 Å². The Balaban J connectivity index is 1.65. The van der Waals surface area contributed by atoms with Crippen LogP contribution in [0.25, 0.3) is 0 Å².